The van der Waals surface area contributed by atoms with Crippen LogP contribution < -0.4 is 20.1 Å². The third kappa shape index (κ3) is 8.79. The fourth-order valence-corrected chi connectivity index (χ4v) is 6.39. The summed E-state index contributed by atoms with van der Waals surface area (Å²) in [5, 5.41) is 7.68. The number of sulfonamides is 1. The molecule has 0 spiro atoms. The Morgan fingerprint density at radius 1 is 0.818 bits per heavy atom. The van der Waals surface area contributed by atoms with E-state index in [4.69, 9.17) is 4.98 Å². The molecule has 1 fully saturated rings. The first kappa shape index (κ1) is 31.5. The minimum Gasteiger partial charge on any atom is -0.406 e. The molecule has 8 nitrogen and oxygen atoms in total. The van der Waals surface area contributed by atoms with Gasteiger partial charge in [-0.2, -0.15) is 4.98 Å². The van der Waals surface area contributed by atoms with E-state index in [1.807, 2.05) is 24.3 Å². The SMILES string of the molecule is O=S(=O)(NC[C@H]1CC[C@H](CNc2nc(NCCc3ccc(F)cc3)c3ccccc3n2)CC1)c1ccc(OC(F)(F)F)cc1. The van der Waals surface area contributed by atoms with Gasteiger partial charge < -0.3 is 15.4 Å². The molecule has 1 aliphatic rings. The first-order valence-electron chi connectivity index (χ1n) is 14.4. The molecule has 1 heterocycles. The second-order valence-electron chi connectivity index (χ2n) is 10.9. The topological polar surface area (TPSA) is 105 Å². The summed E-state index contributed by atoms with van der Waals surface area (Å²) in [5.74, 6) is 1.03. The number of para-hydroxylation sites is 1. The Balaban J connectivity index is 1.10. The molecule has 1 aromatic heterocycles. The van der Waals surface area contributed by atoms with Crippen LogP contribution >= 0.6 is 0 Å². The molecule has 4 aromatic rings. The van der Waals surface area contributed by atoms with Crippen molar-refractivity contribution in [2.24, 2.45) is 11.8 Å². The first-order chi connectivity index (χ1) is 21.0. The van der Waals surface area contributed by atoms with E-state index >= 15 is 0 Å². The molecule has 234 valence electrons. The monoisotopic (exact) mass is 631 g/mol. The number of hydrogen-bond donors (Lipinski definition) is 3. The Morgan fingerprint density at radius 3 is 2.16 bits per heavy atom. The smallest absolute Gasteiger partial charge is 0.406 e. The highest BCUT2D eigenvalue weighted by molar-refractivity contribution is 7.89. The third-order valence-electron chi connectivity index (χ3n) is 7.67. The second kappa shape index (κ2) is 13.8. The van der Waals surface area contributed by atoms with Crippen LogP contribution in [0.1, 0.15) is 31.2 Å². The lowest BCUT2D eigenvalue weighted by atomic mass is 9.82. The number of anilines is 2. The number of ether oxygens (including phenoxy) is 1. The van der Waals surface area contributed by atoms with Gasteiger partial charge in [0.2, 0.25) is 16.0 Å². The number of alkyl halides is 3. The van der Waals surface area contributed by atoms with E-state index < -0.39 is 22.1 Å². The lowest BCUT2D eigenvalue weighted by Gasteiger charge is -2.28. The van der Waals surface area contributed by atoms with E-state index in [0.717, 1.165) is 72.2 Å². The van der Waals surface area contributed by atoms with E-state index in [2.05, 4.69) is 25.1 Å². The zero-order chi connectivity index (χ0) is 31.2. The van der Waals surface area contributed by atoms with Gasteiger partial charge in [0.25, 0.3) is 0 Å². The van der Waals surface area contributed by atoms with E-state index in [9.17, 15) is 26.0 Å². The van der Waals surface area contributed by atoms with Crippen molar-refractivity contribution < 1.29 is 30.7 Å². The molecule has 0 unspecified atom stereocenters. The highest BCUT2D eigenvalue weighted by atomic mass is 32.2. The van der Waals surface area contributed by atoms with Gasteiger partial charge in [-0.05, 0) is 98.0 Å². The largest absolute Gasteiger partial charge is 0.573 e. The van der Waals surface area contributed by atoms with Crippen molar-refractivity contribution in [2.45, 2.75) is 43.4 Å². The Labute approximate surface area is 253 Å². The van der Waals surface area contributed by atoms with Gasteiger partial charge in [-0.1, -0.05) is 24.3 Å². The molecule has 0 aliphatic heterocycles. The highest BCUT2D eigenvalue weighted by Gasteiger charge is 2.31. The Kier molecular flexibility index (Phi) is 9.84. The van der Waals surface area contributed by atoms with Crippen LogP contribution in [-0.2, 0) is 16.4 Å². The molecule has 44 heavy (non-hydrogen) atoms. The fraction of sp³-hybridized carbons (Fsp3) is 0.355. The Hall–Kier alpha value is -3.97. The van der Waals surface area contributed by atoms with Gasteiger partial charge in [0.05, 0.1) is 10.4 Å². The number of aromatic nitrogens is 2. The van der Waals surface area contributed by atoms with Crippen molar-refractivity contribution in [1.82, 2.24) is 14.7 Å². The van der Waals surface area contributed by atoms with Crippen molar-refractivity contribution in [3.63, 3.8) is 0 Å². The van der Waals surface area contributed by atoms with Gasteiger partial charge in [-0.3, -0.25) is 0 Å². The minimum atomic E-state index is -4.84. The molecule has 1 aliphatic carbocycles. The average molecular weight is 632 g/mol. The van der Waals surface area contributed by atoms with Crippen LogP contribution in [0.3, 0.4) is 0 Å². The highest BCUT2D eigenvalue weighted by Crippen LogP contribution is 2.30. The summed E-state index contributed by atoms with van der Waals surface area (Å²) in [6.07, 6.45) is -0.658. The lowest BCUT2D eigenvalue weighted by Crippen LogP contribution is -2.32. The van der Waals surface area contributed by atoms with Gasteiger partial charge >= 0.3 is 6.36 Å². The number of halogens is 4. The lowest BCUT2D eigenvalue weighted by molar-refractivity contribution is -0.274. The molecule has 3 N–H and O–H groups in total. The fourth-order valence-electron chi connectivity index (χ4n) is 5.27. The molecular formula is C31H33F4N5O3S. The van der Waals surface area contributed by atoms with Crippen LogP contribution in [0.5, 0.6) is 5.75 Å². The summed E-state index contributed by atoms with van der Waals surface area (Å²) in [5.41, 5.74) is 1.83. The molecule has 5 rings (SSSR count). The summed E-state index contributed by atoms with van der Waals surface area (Å²) in [6, 6.07) is 18.3. The van der Waals surface area contributed by atoms with Gasteiger partial charge in [-0.15, -0.1) is 13.2 Å². The van der Waals surface area contributed by atoms with Crippen molar-refractivity contribution in [2.75, 3.05) is 30.3 Å². The molecule has 0 saturated heterocycles. The quantitative estimate of drug-likeness (QED) is 0.153. The van der Waals surface area contributed by atoms with E-state index in [1.165, 1.54) is 12.1 Å². The maximum atomic E-state index is 13.2. The molecule has 13 heteroatoms. The number of nitrogens with zero attached hydrogens (tertiary/aromatic N) is 2. The van der Waals surface area contributed by atoms with Crippen molar-refractivity contribution in [3.8, 4) is 5.75 Å². The predicted octanol–water partition coefficient (Wildman–Crippen LogP) is 6.52. The zero-order valence-electron chi connectivity index (χ0n) is 23.8. The summed E-state index contributed by atoms with van der Waals surface area (Å²) in [7, 11) is -3.86. The van der Waals surface area contributed by atoms with E-state index in [-0.39, 0.29) is 23.2 Å². The molecule has 3 aromatic carbocycles. The maximum absolute atomic E-state index is 13.2. The molecule has 0 atom stereocenters. The van der Waals surface area contributed by atoms with Gasteiger partial charge in [0.15, 0.2) is 0 Å². The number of fused-ring (bicyclic) bond motifs is 1. The first-order valence-corrected chi connectivity index (χ1v) is 15.9. The predicted molar refractivity (Wildman–Crippen MR) is 160 cm³/mol. The average Bonchev–Trinajstić information content (AvgIpc) is 3.00. The van der Waals surface area contributed by atoms with Gasteiger partial charge in [0.1, 0.15) is 17.4 Å². The standard InChI is InChI=1S/C31H33F4N5O3S/c32-24-11-9-21(10-12-24)17-18-36-29-27-3-1-2-4-28(27)39-30(40-29)37-19-22-5-7-23(8-6-22)20-38-44(41,42)26-15-13-25(14-16-26)43-31(33,34)35/h1-4,9-16,22-23,38H,5-8,17-20H2,(H2,36,37,39,40)/t22-,23-. The molecule has 0 radical (unpaired) electrons. The van der Waals surface area contributed by atoms with Crippen LogP contribution in [-0.4, -0.2) is 44.4 Å². The van der Waals surface area contributed by atoms with E-state index in [1.54, 1.807) is 12.1 Å². The number of nitrogens with one attached hydrogen (secondary N) is 3. The van der Waals surface area contributed by atoms with Crippen molar-refractivity contribution in [3.05, 3.63) is 84.2 Å². The minimum absolute atomic E-state index is 0.121. The van der Waals surface area contributed by atoms with Crippen LogP contribution in [0.4, 0.5) is 29.3 Å². The summed E-state index contributed by atoms with van der Waals surface area (Å²) >= 11 is 0. The summed E-state index contributed by atoms with van der Waals surface area (Å²) in [6.45, 7) is 1.56. The number of benzene rings is 3. The molecule has 1 saturated carbocycles. The molecule has 0 amide bonds. The van der Waals surface area contributed by atoms with Crippen LogP contribution in [0, 0.1) is 17.7 Å². The van der Waals surface area contributed by atoms with Crippen LogP contribution in [0.15, 0.2) is 77.7 Å². The number of hydrogen-bond acceptors (Lipinski definition) is 7. The number of rotatable bonds is 12. The second-order valence-corrected chi connectivity index (χ2v) is 12.6. The van der Waals surface area contributed by atoms with Gasteiger partial charge in [-0.25, -0.2) is 22.5 Å². The van der Waals surface area contributed by atoms with Gasteiger partial charge in [0, 0.05) is 25.0 Å². The Morgan fingerprint density at radius 2 is 1.48 bits per heavy atom. The Bertz CT molecular complexity index is 1640. The zero-order valence-corrected chi connectivity index (χ0v) is 24.6. The van der Waals surface area contributed by atoms with Crippen LogP contribution in [0.25, 0.3) is 10.9 Å². The molecule has 0 bridgehead atoms. The van der Waals surface area contributed by atoms with E-state index in [0.29, 0.717) is 31.4 Å². The van der Waals surface area contributed by atoms with Crippen LogP contribution in [0.2, 0.25) is 0 Å². The maximum Gasteiger partial charge on any atom is 0.573 e. The summed E-state index contributed by atoms with van der Waals surface area (Å²) < 4.78 is 82.0. The van der Waals surface area contributed by atoms with Crippen molar-refractivity contribution >= 4 is 32.7 Å². The third-order valence-corrected chi connectivity index (χ3v) is 9.11. The molecular weight excluding hydrogens is 598 g/mol. The summed E-state index contributed by atoms with van der Waals surface area (Å²) in [4.78, 5) is 9.27. The van der Waals surface area contributed by atoms with Crippen molar-refractivity contribution in [1.29, 1.82) is 0 Å². The normalized spacial score (nSPS) is 17.4.